The molecule has 1 heterocycles. The van der Waals surface area contributed by atoms with Crippen LogP contribution in [0.15, 0.2) is 66.2 Å². The Kier molecular flexibility index (Phi) is 7.03. The molecule has 0 spiro atoms. The number of halogens is 2. The Bertz CT molecular complexity index is 1350. The number of nitrogens with one attached hydrogen (secondary N) is 1. The number of rotatable bonds is 5. The minimum absolute atomic E-state index is 0.0268. The van der Waals surface area contributed by atoms with Gasteiger partial charge in [0, 0.05) is 15.6 Å². The quantitative estimate of drug-likeness (QED) is 0.259. The number of anilines is 1. The highest BCUT2D eigenvalue weighted by Gasteiger charge is 2.34. The summed E-state index contributed by atoms with van der Waals surface area (Å²) in [6.45, 7) is 4.17. The Morgan fingerprint density at radius 2 is 1.74 bits per heavy atom. The van der Waals surface area contributed by atoms with Gasteiger partial charge in [0.25, 0.3) is 11.8 Å². The molecule has 1 fully saturated rings. The lowest BCUT2D eigenvalue weighted by Crippen LogP contribution is -2.54. The van der Waals surface area contributed by atoms with Gasteiger partial charge in [0.1, 0.15) is 17.9 Å². The molecule has 172 valence electrons. The van der Waals surface area contributed by atoms with Crippen LogP contribution in [0, 0.1) is 13.8 Å². The van der Waals surface area contributed by atoms with Gasteiger partial charge in [-0.3, -0.25) is 19.8 Å². The Morgan fingerprint density at radius 1 is 0.971 bits per heavy atom. The standard InChI is InChI=1S/C26H20Cl2N2O3S/c1-15-6-8-21(10-16(15)2)30-25(32)22(24(31)29-26(30)34)13-18-12-20(28)7-9-23(18)33-14-17-4-3-5-19(27)11-17/h3-13H,14H2,1-2H3,(H,29,31,34)/b22-13+. The fraction of sp³-hybridized carbons (Fsp3) is 0.115. The predicted octanol–water partition coefficient (Wildman–Crippen LogP) is 6.02. The van der Waals surface area contributed by atoms with Crippen molar-refractivity contribution in [1.82, 2.24) is 5.32 Å². The van der Waals surface area contributed by atoms with Crippen LogP contribution in [0.3, 0.4) is 0 Å². The second-order valence-electron chi connectivity index (χ2n) is 7.83. The van der Waals surface area contributed by atoms with Crippen LogP contribution in [0.2, 0.25) is 10.0 Å². The first-order valence-corrected chi connectivity index (χ1v) is 11.5. The molecule has 4 rings (SSSR count). The van der Waals surface area contributed by atoms with E-state index in [2.05, 4.69) is 5.32 Å². The minimum atomic E-state index is -0.587. The van der Waals surface area contributed by atoms with Crippen molar-refractivity contribution in [1.29, 1.82) is 0 Å². The van der Waals surface area contributed by atoms with Crippen LogP contribution < -0.4 is 15.0 Å². The normalized spacial score (nSPS) is 15.0. The van der Waals surface area contributed by atoms with E-state index >= 15 is 0 Å². The van der Waals surface area contributed by atoms with Crippen molar-refractivity contribution in [2.24, 2.45) is 0 Å². The number of hydrogen-bond donors (Lipinski definition) is 1. The number of carbonyl (C=O) groups is 2. The van der Waals surface area contributed by atoms with Gasteiger partial charge in [-0.2, -0.15) is 0 Å². The maximum atomic E-state index is 13.4. The molecular weight excluding hydrogens is 491 g/mol. The number of amides is 2. The summed E-state index contributed by atoms with van der Waals surface area (Å²) < 4.78 is 5.96. The number of benzene rings is 3. The molecule has 3 aromatic carbocycles. The first kappa shape index (κ1) is 24.0. The van der Waals surface area contributed by atoms with Crippen molar-refractivity contribution in [3.63, 3.8) is 0 Å². The topological polar surface area (TPSA) is 58.6 Å². The van der Waals surface area contributed by atoms with E-state index in [0.29, 0.717) is 27.0 Å². The van der Waals surface area contributed by atoms with Crippen molar-refractivity contribution in [3.8, 4) is 5.75 Å². The third-order valence-corrected chi connectivity index (χ3v) is 6.16. The van der Waals surface area contributed by atoms with E-state index in [-0.39, 0.29) is 17.3 Å². The molecule has 0 atom stereocenters. The highest BCUT2D eigenvalue weighted by Crippen LogP contribution is 2.29. The second-order valence-corrected chi connectivity index (χ2v) is 9.09. The van der Waals surface area contributed by atoms with Crippen LogP contribution in [-0.4, -0.2) is 16.9 Å². The summed E-state index contributed by atoms with van der Waals surface area (Å²) in [6, 6.07) is 17.9. The summed E-state index contributed by atoms with van der Waals surface area (Å²) in [5, 5.41) is 3.67. The van der Waals surface area contributed by atoms with Gasteiger partial charge in [0.05, 0.1) is 5.69 Å². The van der Waals surface area contributed by atoms with Crippen LogP contribution in [0.5, 0.6) is 5.75 Å². The van der Waals surface area contributed by atoms with Crippen LogP contribution in [0.4, 0.5) is 5.69 Å². The Balaban J connectivity index is 1.68. The first-order valence-electron chi connectivity index (χ1n) is 10.4. The van der Waals surface area contributed by atoms with E-state index in [1.807, 2.05) is 38.1 Å². The zero-order chi connectivity index (χ0) is 24.4. The third-order valence-electron chi connectivity index (χ3n) is 5.41. The lowest BCUT2D eigenvalue weighted by molar-refractivity contribution is -0.122. The molecule has 0 aromatic heterocycles. The molecule has 0 bridgehead atoms. The molecule has 2 amide bonds. The highest BCUT2D eigenvalue weighted by atomic mass is 35.5. The van der Waals surface area contributed by atoms with E-state index in [1.165, 1.54) is 11.0 Å². The molecule has 0 aliphatic carbocycles. The van der Waals surface area contributed by atoms with Crippen LogP contribution in [0.25, 0.3) is 6.08 Å². The van der Waals surface area contributed by atoms with Crippen molar-refractivity contribution < 1.29 is 14.3 Å². The fourth-order valence-corrected chi connectivity index (χ4v) is 4.14. The second kappa shape index (κ2) is 9.97. The summed E-state index contributed by atoms with van der Waals surface area (Å²) >= 11 is 17.6. The van der Waals surface area contributed by atoms with Crippen LogP contribution >= 0.6 is 35.4 Å². The van der Waals surface area contributed by atoms with Gasteiger partial charge in [0.15, 0.2) is 5.11 Å². The number of hydrogen-bond acceptors (Lipinski definition) is 4. The summed E-state index contributed by atoms with van der Waals surface area (Å²) in [4.78, 5) is 27.4. The zero-order valence-corrected chi connectivity index (χ0v) is 20.7. The van der Waals surface area contributed by atoms with Crippen molar-refractivity contribution in [3.05, 3.63) is 98.5 Å². The summed E-state index contributed by atoms with van der Waals surface area (Å²) in [7, 11) is 0. The molecule has 1 aliphatic rings. The van der Waals surface area contributed by atoms with Crippen LogP contribution in [-0.2, 0) is 16.2 Å². The van der Waals surface area contributed by atoms with Gasteiger partial charge in [-0.25, -0.2) is 0 Å². The smallest absolute Gasteiger partial charge is 0.270 e. The van der Waals surface area contributed by atoms with Gasteiger partial charge in [0.2, 0.25) is 0 Å². The van der Waals surface area contributed by atoms with Gasteiger partial charge < -0.3 is 4.74 Å². The molecule has 0 unspecified atom stereocenters. The number of nitrogens with zero attached hydrogens (tertiary/aromatic N) is 1. The van der Waals surface area contributed by atoms with E-state index in [0.717, 1.165) is 16.7 Å². The third kappa shape index (κ3) is 5.14. The maximum absolute atomic E-state index is 13.4. The SMILES string of the molecule is Cc1ccc(N2C(=O)/C(=C/c3cc(Cl)ccc3OCc3cccc(Cl)c3)C(=O)NC2=S)cc1C. The van der Waals surface area contributed by atoms with Crippen molar-refractivity contribution in [2.45, 2.75) is 20.5 Å². The summed E-state index contributed by atoms with van der Waals surface area (Å²) in [5.74, 6) is -0.656. The van der Waals surface area contributed by atoms with Gasteiger partial charge in [-0.15, -0.1) is 0 Å². The van der Waals surface area contributed by atoms with Gasteiger partial charge >= 0.3 is 0 Å². The van der Waals surface area contributed by atoms with Crippen molar-refractivity contribution >= 4 is 64.1 Å². The zero-order valence-electron chi connectivity index (χ0n) is 18.4. The molecule has 3 aromatic rings. The number of thiocarbonyl (C=S) groups is 1. The molecular formula is C26H20Cl2N2O3S. The molecule has 1 N–H and O–H groups in total. The molecule has 8 heteroatoms. The lowest BCUT2D eigenvalue weighted by atomic mass is 10.0. The average Bonchev–Trinajstić information content (AvgIpc) is 2.78. The summed E-state index contributed by atoms with van der Waals surface area (Å²) in [5.41, 5.74) is 3.94. The van der Waals surface area contributed by atoms with E-state index in [1.54, 1.807) is 36.4 Å². The Labute approximate surface area is 212 Å². The van der Waals surface area contributed by atoms with Crippen LogP contribution in [0.1, 0.15) is 22.3 Å². The molecule has 5 nitrogen and oxygen atoms in total. The molecule has 0 radical (unpaired) electrons. The fourth-order valence-electron chi connectivity index (χ4n) is 3.46. The first-order chi connectivity index (χ1) is 16.2. The Morgan fingerprint density at radius 3 is 2.47 bits per heavy atom. The van der Waals surface area contributed by atoms with Crippen molar-refractivity contribution in [2.75, 3.05) is 4.90 Å². The largest absolute Gasteiger partial charge is 0.488 e. The minimum Gasteiger partial charge on any atom is -0.488 e. The Hall–Kier alpha value is -3.19. The number of ether oxygens (including phenoxy) is 1. The average molecular weight is 511 g/mol. The monoisotopic (exact) mass is 510 g/mol. The molecule has 34 heavy (non-hydrogen) atoms. The van der Waals surface area contributed by atoms with E-state index < -0.39 is 11.8 Å². The molecule has 1 aliphatic heterocycles. The van der Waals surface area contributed by atoms with Gasteiger partial charge in [-0.1, -0.05) is 41.4 Å². The van der Waals surface area contributed by atoms with Gasteiger partial charge in [-0.05, 0) is 91.3 Å². The highest BCUT2D eigenvalue weighted by molar-refractivity contribution is 7.80. The predicted molar refractivity (Wildman–Crippen MR) is 139 cm³/mol. The van der Waals surface area contributed by atoms with E-state index in [4.69, 9.17) is 40.2 Å². The summed E-state index contributed by atoms with van der Waals surface area (Å²) in [6.07, 6.45) is 1.46. The molecule has 1 saturated heterocycles. The molecule has 0 saturated carbocycles. The maximum Gasteiger partial charge on any atom is 0.270 e. The number of aryl methyl sites for hydroxylation is 2. The lowest BCUT2D eigenvalue weighted by Gasteiger charge is -2.29. The van der Waals surface area contributed by atoms with E-state index in [9.17, 15) is 9.59 Å². The number of carbonyl (C=O) groups excluding carboxylic acids is 2.